The maximum Gasteiger partial charge on any atom is 0.416 e. The number of nitrogens with one attached hydrogen (secondary N) is 1. The van der Waals surface area contributed by atoms with Crippen LogP contribution in [0.3, 0.4) is 0 Å². The average molecular weight is 338 g/mol. The molecule has 0 aliphatic rings. The molecule has 0 spiro atoms. The van der Waals surface area contributed by atoms with Gasteiger partial charge in [0.15, 0.2) is 5.11 Å². The highest BCUT2D eigenvalue weighted by atomic mass is 32.1. The van der Waals surface area contributed by atoms with Gasteiger partial charge in [-0.25, -0.2) is 0 Å². The summed E-state index contributed by atoms with van der Waals surface area (Å²) in [6.07, 6.45) is -4.31. The first-order valence-electron chi connectivity index (χ1n) is 7.00. The summed E-state index contributed by atoms with van der Waals surface area (Å²) in [6, 6.07) is 12.9. The van der Waals surface area contributed by atoms with Gasteiger partial charge in [0, 0.05) is 19.3 Å². The molecule has 0 radical (unpaired) electrons. The Morgan fingerprint density at radius 1 is 1.04 bits per heavy atom. The minimum atomic E-state index is -4.31. The molecule has 0 atom stereocenters. The molecule has 0 fully saturated rings. The van der Waals surface area contributed by atoms with Crippen LogP contribution in [0.15, 0.2) is 48.5 Å². The molecule has 0 aromatic heterocycles. The van der Waals surface area contributed by atoms with Crippen LogP contribution in [0, 0.1) is 6.92 Å². The Morgan fingerprint density at radius 2 is 1.61 bits per heavy atom. The van der Waals surface area contributed by atoms with Crippen LogP contribution in [0.5, 0.6) is 0 Å². The van der Waals surface area contributed by atoms with E-state index in [2.05, 4.69) is 5.32 Å². The number of anilines is 1. The third kappa shape index (κ3) is 4.96. The van der Waals surface area contributed by atoms with Crippen molar-refractivity contribution in [2.75, 3.05) is 12.4 Å². The van der Waals surface area contributed by atoms with E-state index in [1.165, 1.54) is 12.1 Å². The third-order valence-electron chi connectivity index (χ3n) is 3.35. The minimum absolute atomic E-state index is 0.426. The molecule has 1 N–H and O–H groups in total. The van der Waals surface area contributed by atoms with E-state index in [0.717, 1.165) is 28.9 Å². The van der Waals surface area contributed by atoms with Crippen LogP contribution in [0.4, 0.5) is 18.9 Å². The van der Waals surface area contributed by atoms with Gasteiger partial charge in [0.05, 0.1) is 5.56 Å². The van der Waals surface area contributed by atoms with Crippen molar-refractivity contribution in [3.8, 4) is 0 Å². The second kappa shape index (κ2) is 7.00. The van der Waals surface area contributed by atoms with Crippen LogP contribution in [0.25, 0.3) is 0 Å². The van der Waals surface area contributed by atoms with Gasteiger partial charge < -0.3 is 10.2 Å². The van der Waals surface area contributed by atoms with Gasteiger partial charge in [0.25, 0.3) is 0 Å². The fraction of sp³-hybridized carbons (Fsp3) is 0.235. The molecule has 0 aliphatic heterocycles. The van der Waals surface area contributed by atoms with E-state index < -0.39 is 11.7 Å². The number of nitrogens with zero attached hydrogens (tertiary/aromatic N) is 1. The predicted octanol–water partition coefficient (Wildman–Crippen LogP) is 4.84. The lowest BCUT2D eigenvalue weighted by molar-refractivity contribution is -0.137. The standard InChI is InChI=1S/C17H17F3N2S/c1-12-3-9-15(10-4-12)21-16(23)22(2)11-13-5-7-14(8-6-13)17(18,19)20/h3-10H,11H2,1-2H3,(H,21,23). The molecule has 0 heterocycles. The molecule has 2 aromatic carbocycles. The van der Waals surface area contributed by atoms with E-state index in [9.17, 15) is 13.2 Å². The molecule has 23 heavy (non-hydrogen) atoms. The lowest BCUT2D eigenvalue weighted by Crippen LogP contribution is -2.30. The number of benzene rings is 2. The molecular weight excluding hydrogens is 321 g/mol. The molecule has 2 aromatic rings. The van der Waals surface area contributed by atoms with Crippen LogP contribution < -0.4 is 5.32 Å². The molecule has 6 heteroatoms. The van der Waals surface area contributed by atoms with Crippen molar-refractivity contribution < 1.29 is 13.2 Å². The number of hydrogen-bond acceptors (Lipinski definition) is 1. The van der Waals surface area contributed by atoms with Crippen molar-refractivity contribution >= 4 is 23.0 Å². The second-order valence-electron chi connectivity index (χ2n) is 5.35. The summed E-state index contributed by atoms with van der Waals surface area (Å²) in [6.45, 7) is 2.43. The molecule has 122 valence electrons. The van der Waals surface area contributed by atoms with Crippen molar-refractivity contribution in [1.82, 2.24) is 4.90 Å². The zero-order valence-electron chi connectivity index (χ0n) is 12.8. The lowest BCUT2D eigenvalue weighted by Gasteiger charge is -2.21. The van der Waals surface area contributed by atoms with E-state index in [1.54, 1.807) is 11.9 Å². The first kappa shape index (κ1) is 17.3. The highest BCUT2D eigenvalue weighted by Gasteiger charge is 2.29. The number of thiocarbonyl (C=S) groups is 1. The van der Waals surface area contributed by atoms with Gasteiger partial charge in [-0.2, -0.15) is 13.2 Å². The summed E-state index contributed by atoms with van der Waals surface area (Å²) in [5.41, 5.74) is 2.14. The number of halogens is 3. The zero-order valence-corrected chi connectivity index (χ0v) is 13.6. The highest BCUT2D eigenvalue weighted by molar-refractivity contribution is 7.80. The van der Waals surface area contributed by atoms with E-state index >= 15 is 0 Å². The predicted molar refractivity (Wildman–Crippen MR) is 90.3 cm³/mol. The number of alkyl halides is 3. The Hall–Kier alpha value is -2.08. The smallest absolute Gasteiger partial charge is 0.348 e. The summed E-state index contributed by atoms with van der Waals surface area (Å²) in [5.74, 6) is 0. The largest absolute Gasteiger partial charge is 0.416 e. The van der Waals surface area contributed by atoms with Crippen molar-refractivity contribution in [1.29, 1.82) is 0 Å². The van der Waals surface area contributed by atoms with Crippen molar-refractivity contribution in [3.63, 3.8) is 0 Å². The first-order valence-corrected chi connectivity index (χ1v) is 7.41. The van der Waals surface area contributed by atoms with E-state index in [-0.39, 0.29) is 0 Å². The van der Waals surface area contributed by atoms with Gasteiger partial charge >= 0.3 is 6.18 Å². The SMILES string of the molecule is Cc1ccc(NC(=S)N(C)Cc2ccc(C(F)(F)F)cc2)cc1. The Labute approximate surface area is 138 Å². The van der Waals surface area contributed by atoms with Crippen LogP contribution >= 0.6 is 12.2 Å². The minimum Gasteiger partial charge on any atom is -0.348 e. The molecular formula is C17H17F3N2S. The normalized spacial score (nSPS) is 11.2. The van der Waals surface area contributed by atoms with Gasteiger partial charge in [0.2, 0.25) is 0 Å². The van der Waals surface area contributed by atoms with Crippen LogP contribution in [-0.2, 0) is 12.7 Å². The van der Waals surface area contributed by atoms with Gasteiger partial charge in [-0.05, 0) is 49.0 Å². The number of rotatable bonds is 3. The molecule has 2 nitrogen and oxygen atoms in total. The molecule has 0 unspecified atom stereocenters. The maximum atomic E-state index is 12.5. The maximum absolute atomic E-state index is 12.5. The summed E-state index contributed by atoms with van der Waals surface area (Å²) in [4.78, 5) is 1.78. The van der Waals surface area contributed by atoms with Gasteiger partial charge in [0.1, 0.15) is 0 Å². The van der Waals surface area contributed by atoms with E-state index in [4.69, 9.17) is 12.2 Å². The van der Waals surface area contributed by atoms with E-state index in [0.29, 0.717) is 11.7 Å². The fourth-order valence-corrected chi connectivity index (χ4v) is 2.18. The Morgan fingerprint density at radius 3 is 2.13 bits per heavy atom. The van der Waals surface area contributed by atoms with Gasteiger partial charge in [-0.3, -0.25) is 0 Å². The lowest BCUT2D eigenvalue weighted by atomic mass is 10.1. The molecule has 0 saturated carbocycles. The molecule has 2 rings (SSSR count). The number of hydrogen-bond donors (Lipinski definition) is 1. The molecule has 0 saturated heterocycles. The van der Waals surface area contributed by atoms with Crippen LogP contribution in [-0.4, -0.2) is 17.1 Å². The summed E-state index contributed by atoms with van der Waals surface area (Å²) >= 11 is 5.31. The second-order valence-corrected chi connectivity index (χ2v) is 5.73. The first-order chi connectivity index (χ1) is 10.8. The van der Waals surface area contributed by atoms with Gasteiger partial charge in [-0.15, -0.1) is 0 Å². The van der Waals surface area contributed by atoms with Crippen LogP contribution in [0.1, 0.15) is 16.7 Å². The highest BCUT2D eigenvalue weighted by Crippen LogP contribution is 2.29. The van der Waals surface area contributed by atoms with E-state index in [1.807, 2.05) is 31.2 Å². The Balaban J connectivity index is 1.96. The fourth-order valence-electron chi connectivity index (χ4n) is 2.00. The molecule has 0 bridgehead atoms. The monoisotopic (exact) mass is 338 g/mol. The summed E-state index contributed by atoms with van der Waals surface area (Å²) in [5, 5.41) is 3.61. The zero-order chi connectivity index (χ0) is 17.0. The van der Waals surface area contributed by atoms with Crippen molar-refractivity contribution in [2.24, 2.45) is 0 Å². The molecule has 0 aliphatic carbocycles. The quantitative estimate of drug-likeness (QED) is 0.806. The summed E-state index contributed by atoms with van der Waals surface area (Å²) in [7, 11) is 1.79. The Kier molecular flexibility index (Phi) is 5.26. The number of aryl methyl sites for hydroxylation is 1. The summed E-state index contributed by atoms with van der Waals surface area (Å²) < 4.78 is 37.6. The van der Waals surface area contributed by atoms with Crippen LogP contribution in [0.2, 0.25) is 0 Å². The molecule has 0 amide bonds. The Bertz CT molecular complexity index is 664. The van der Waals surface area contributed by atoms with Crippen molar-refractivity contribution in [3.05, 3.63) is 65.2 Å². The van der Waals surface area contributed by atoms with Crippen molar-refractivity contribution in [2.45, 2.75) is 19.6 Å². The van der Waals surface area contributed by atoms with Gasteiger partial charge in [-0.1, -0.05) is 29.8 Å². The third-order valence-corrected chi connectivity index (χ3v) is 3.76. The average Bonchev–Trinajstić information content (AvgIpc) is 2.49. The topological polar surface area (TPSA) is 15.3 Å².